The van der Waals surface area contributed by atoms with Gasteiger partial charge in [-0.05, 0) is 38.7 Å². The van der Waals surface area contributed by atoms with Crippen LogP contribution in [0.15, 0.2) is 18.3 Å². The van der Waals surface area contributed by atoms with Gasteiger partial charge in [-0.2, -0.15) is 0 Å². The molecular formula is C17H26N2O3. The van der Waals surface area contributed by atoms with Crippen LogP contribution in [-0.2, 0) is 4.74 Å². The van der Waals surface area contributed by atoms with Crippen molar-refractivity contribution in [3.63, 3.8) is 0 Å². The summed E-state index contributed by atoms with van der Waals surface area (Å²) in [5.74, 6) is 0.480. The second kappa shape index (κ2) is 8.13. The molecule has 0 radical (unpaired) electrons. The molecule has 5 nitrogen and oxygen atoms in total. The molecule has 0 saturated carbocycles. The smallest absolute Gasteiger partial charge is 0.253 e. The maximum Gasteiger partial charge on any atom is 0.253 e. The van der Waals surface area contributed by atoms with Crippen LogP contribution in [0.5, 0.6) is 5.88 Å². The van der Waals surface area contributed by atoms with Gasteiger partial charge in [0, 0.05) is 38.0 Å². The molecule has 1 fully saturated rings. The number of ether oxygens (including phenoxy) is 2. The zero-order valence-electron chi connectivity index (χ0n) is 13.7. The van der Waals surface area contributed by atoms with Crippen molar-refractivity contribution in [3.8, 4) is 5.88 Å². The van der Waals surface area contributed by atoms with Gasteiger partial charge in [-0.1, -0.05) is 6.92 Å². The number of amides is 1. The van der Waals surface area contributed by atoms with Gasteiger partial charge in [-0.25, -0.2) is 4.98 Å². The molecule has 1 aromatic heterocycles. The van der Waals surface area contributed by atoms with Gasteiger partial charge in [0.2, 0.25) is 5.88 Å². The molecule has 0 bridgehead atoms. The molecule has 122 valence electrons. The Kier molecular flexibility index (Phi) is 6.19. The summed E-state index contributed by atoms with van der Waals surface area (Å²) in [7, 11) is 1.82. The lowest BCUT2D eigenvalue weighted by Gasteiger charge is -2.27. The Bertz CT molecular complexity index is 487. The number of hydrogen-bond donors (Lipinski definition) is 0. The van der Waals surface area contributed by atoms with E-state index >= 15 is 0 Å². The molecule has 0 aliphatic carbocycles. The standard InChI is InChI=1S/C17H26N2O3/c1-4-13(2)22-16-11-14(8-9-18-16)17(20)19(3)12-15-7-5-6-10-21-15/h8-9,11,13,15H,4-7,10,12H2,1-3H3/t13-,15+/m1/s1. The number of rotatable bonds is 6. The molecule has 1 saturated heterocycles. The lowest BCUT2D eigenvalue weighted by Crippen LogP contribution is -2.37. The fourth-order valence-electron chi connectivity index (χ4n) is 2.46. The summed E-state index contributed by atoms with van der Waals surface area (Å²) in [6.45, 7) is 5.47. The van der Waals surface area contributed by atoms with Gasteiger partial charge in [0.1, 0.15) is 0 Å². The maximum absolute atomic E-state index is 12.5. The Labute approximate surface area is 132 Å². The third-order valence-electron chi connectivity index (χ3n) is 3.98. The molecule has 1 aliphatic heterocycles. The highest BCUT2D eigenvalue weighted by Gasteiger charge is 2.20. The van der Waals surface area contributed by atoms with Gasteiger partial charge in [0.05, 0.1) is 12.2 Å². The highest BCUT2D eigenvalue weighted by molar-refractivity contribution is 5.94. The third kappa shape index (κ3) is 4.70. The van der Waals surface area contributed by atoms with Crippen LogP contribution < -0.4 is 4.74 Å². The van der Waals surface area contributed by atoms with E-state index in [0.29, 0.717) is 18.0 Å². The van der Waals surface area contributed by atoms with E-state index in [1.807, 2.05) is 14.0 Å². The number of hydrogen-bond acceptors (Lipinski definition) is 4. The zero-order chi connectivity index (χ0) is 15.9. The number of carbonyl (C=O) groups is 1. The molecule has 0 aromatic carbocycles. The zero-order valence-corrected chi connectivity index (χ0v) is 13.7. The molecule has 5 heteroatoms. The highest BCUT2D eigenvalue weighted by Crippen LogP contribution is 2.16. The highest BCUT2D eigenvalue weighted by atomic mass is 16.5. The van der Waals surface area contributed by atoms with E-state index in [-0.39, 0.29) is 18.1 Å². The molecule has 2 heterocycles. The Morgan fingerprint density at radius 1 is 1.55 bits per heavy atom. The number of likely N-dealkylation sites (N-methyl/N-ethyl adjacent to an activating group) is 1. The molecule has 0 spiro atoms. The summed E-state index contributed by atoms with van der Waals surface area (Å²) in [6.07, 6.45) is 6.08. The fourth-order valence-corrected chi connectivity index (χ4v) is 2.46. The number of carbonyl (C=O) groups excluding carboxylic acids is 1. The lowest BCUT2D eigenvalue weighted by atomic mass is 10.1. The van der Waals surface area contributed by atoms with Crippen molar-refractivity contribution in [2.75, 3.05) is 20.2 Å². The summed E-state index contributed by atoms with van der Waals surface area (Å²) in [5.41, 5.74) is 0.603. The van der Waals surface area contributed by atoms with Crippen LogP contribution in [0.4, 0.5) is 0 Å². The Balaban J connectivity index is 1.97. The molecule has 1 amide bonds. The summed E-state index contributed by atoms with van der Waals surface area (Å²) in [5, 5.41) is 0. The van der Waals surface area contributed by atoms with E-state index in [4.69, 9.17) is 9.47 Å². The van der Waals surface area contributed by atoms with Crippen molar-refractivity contribution in [2.24, 2.45) is 0 Å². The van der Waals surface area contributed by atoms with Crippen LogP contribution in [0.2, 0.25) is 0 Å². The fraction of sp³-hybridized carbons (Fsp3) is 0.647. The van der Waals surface area contributed by atoms with Crippen LogP contribution in [0.1, 0.15) is 49.9 Å². The van der Waals surface area contributed by atoms with Crippen LogP contribution in [0, 0.1) is 0 Å². The molecule has 1 aromatic rings. The van der Waals surface area contributed by atoms with E-state index in [0.717, 1.165) is 25.9 Å². The molecule has 0 unspecified atom stereocenters. The maximum atomic E-state index is 12.5. The Hall–Kier alpha value is -1.62. The summed E-state index contributed by atoms with van der Waals surface area (Å²) < 4.78 is 11.4. The second-order valence-corrected chi connectivity index (χ2v) is 5.89. The molecule has 2 atom stereocenters. The van der Waals surface area contributed by atoms with Crippen molar-refractivity contribution < 1.29 is 14.3 Å². The van der Waals surface area contributed by atoms with Crippen molar-refractivity contribution in [1.82, 2.24) is 9.88 Å². The van der Waals surface area contributed by atoms with Gasteiger partial charge < -0.3 is 14.4 Å². The first-order valence-corrected chi connectivity index (χ1v) is 8.10. The van der Waals surface area contributed by atoms with Crippen molar-refractivity contribution in [2.45, 2.75) is 51.7 Å². The predicted molar refractivity (Wildman–Crippen MR) is 85.2 cm³/mol. The van der Waals surface area contributed by atoms with Gasteiger partial charge in [-0.15, -0.1) is 0 Å². The minimum Gasteiger partial charge on any atom is -0.475 e. The van der Waals surface area contributed by atoms with Crippen molar-refractivity contribution in [3.05, 3.63) is 23.9 Å². The van der Waals surface area contributed by atoms with Gasteiger partial charge in [0.15, 0.2) is 0 Å². The lowest BCUT2D eigenvalue weighted by molar-refractivity contribution is -0.000196. The minimum absolute atomic E-state index is 0.0226. The number of nitrogens with zero attached hydrogens (tertiary/aromatic N) is 2. The van der Waals surface area contributed by atoms with Crippen LogP contribution in [0.3, 0.4) is 0 Å². The average molecular weight is 306 g/mol. The third-order valence-corrected chi connectivity index (χ3v) is 3.98. The first kappa shape index (κ1) is 16.7. The second-order valence-electron chi connectivity index (χ2n) is 5.89. The predicted octanol–water partition coefficient (Wildman–Crippen LogP) is 2.90. The molecular weight excluding hydrogens is 280 g/mol. The molecule has 22 heavy (non-hydrogen) atoms. The molecule has 2 rings (SSSR count). The Morgan fingerprint density at radius 2 is 2.36 bits per heavy atom. The van der Waals surface area contributed by atoms with E-state index < -0.39 is 0 Å². The first-order chi connectivity index (χ1) is 10.6. The van der Waals surface area contributed by atoms with E-state index in [1.54, 1.807) is 23.2 Å². The van der Waals surface area contributed by atoms with Crippen LogP contribution >= 0.6 is 0 Å². The van der Waals surface area contributed by atoms with Crippen LogP contribution in [-0.4, -0.2) is 48.2 Å². The SMILES string of the molecule is CC[C@@H](C)Oc1cc(C(=O)N(C)C[C@@H]2CCCCO2)ccn1. The van der Waals surface area contributed by atoms with Crippen molar-refractivity contribution in [1.29, 1.82) is 0 Å². The summed E-state index contributed by atoms with van der Waals surface area (Å²) in [6, 6.07) is 3.44. The van der Waals surface area contributed by atoms with Gasteiger partial charge in [0.25, 0.3) is 5.91 Å². The molecule has 0 N–H and O–H groups in total. The summed E-state index contributed by atoms with van der Waals surface area (Å²) >= 11 is 0. The minimum atomic E-state index is -0.0226. The molecule has 1 aliphatic rings. The average Bonchev–Trinajstić information content (AvgIpc) is 2.55. The van der Waals surface area contributed by atoms with Gasteiger partial charge >= 0.3 is 0 Å². The Morgan fingerprint density at radius 3 is 3.05 bits per heavy atom. The summed E-state index contributed by atoms with van der Waals surface area (Å²) in [4.78, 5) is 18.4. The number of pyridine rings is 1. The quantitative estimate of drug-likeness (QED) is 0.811. The van der Waals surface area contributed by atoms with Crippen molar-refractivity contribution >= 4 is 5.91 Å². The van der Waals surface area contributed by atoms with E-state index in [9.17, 15) is 4.79 Å². The van der Waals surface area contributed by atoms with E-state index in [1.165, 1.54) is 6.42 Å². The topological polar surface area (TPSA) is 51.7 Å². The number of aromatic nitrogens is 1. The normalized spacial score (nSPS) is 19.5. The monoisotopic (exact) mass is 306 g/mol. The van der Waals surface area contributed by atoms with E-state index in [2.05, 4.69) is 11.9 Å². The first-order valence-electron chi connectivity index (χ1n) is 8.10. The van der Waals surface area contributed by atoms with Crippen LogP contribution in [0.25, 0.3) is 0 Å². The van der Waals surface area contributed by atoms with Gasteiger partial charge in [-0.3, -0.25) is 4.79 Å². The largest absolute Gasteiger partial charge is 0.475 e.